The van der Waals surface area contributed by atoms with Crippen molar-refractivity contribution in [2.24, 2.45) is 0 Å². The molecule has 0 radical (unpaired) electrons. The normalized spacial score (nSPS) is 17.1. The molecule has 2 rings (SSSR count). The van der Waals surface area contributed by atoms with Crippen molar-refractivity contribution in [1.29, 1.82) is 0 Å². The van der Waals surface area contributed by atoms with Gasteiger partial charge in [0.05, 0.1) is 0 Å². The average molecular weight is 234 g/mol. The standard InChI is InChI=1S/C13H18N2O2/c1-3-15-12(16)10-5-4-6-11(7-10)17-13(2)8-14-9-13/h4-7,14H,3,8-9H2,1-2H3,(H,15,16). The van der Waals surface area contributed by atoms with Gasteiger partial charge in [-0.1, -0.05) is 6.07 Å². The summed E-state index contributed by atoms with van der Waals surface area (Å²) in [6.07, 6.45) is 0. The molecular weight excluding hydrogens is 216 g/mol. The number of carbonyl (C=O) groups is 1. The van der Waals surface area contributed by atoms with E-state index in [1.165, 1.54) is 0 Å². The molecule has 92 valence electrons. The van der Waals surface area contributed by atoms with Crippen LogP contribution in [-0.2, 0) is 0 Å². The van der Waals surface area contributed by atoms with Gasteiger partial charge in [-0.25, -0.2) is 0 Å². The van der Waals surface area contributed by atoms with Crippen LogP contribution in [0.25, 0.3) is 0 Å². The van der Waals surface area contributed by atoms with Crippen LogP contribution >= 0.6 is 0 Å². The Labute approximate surface area is 101 Å². The van der Waals surface area contributed by atoms with E-state index in [9.17, 15) is 4.79 Å². The highest BCUT2D eigenvalue weighted by atomic mass is 16.5. The maximum atomic E-state index is 11.7. The minimum Gasteiger partial charge on any atom is -0.485 e. The van der Waals surface area contributed by atoms with Crippen LogP contribution < -0.4 is 15.4 Å². The van der Waals surface area contributed by atoms with E-state index in [0.717, 1.165) is 18.8 Å². The van der Waals surface area contributed by atoms with E-state index in [4.69, 9.17) is 4.74 Å². The Balaban J connectivity index is 2.08. The van der Waals surface area contributed by atoms with Crippen LogP contribution in [0.15, 0.2) is 24.3 Å². The lowest BCUT2D eigenvalue weighted by Crippen LogP contribution is -2.61. The van der Waals surface area contributed by atoms with E-state index in [0.29, 0.717) is 12.1 Å². The van der Waals surface area contributed by atoms with Crippen molar-refractivity contribution >= 4 is 5.91 Å². The number of nitrogens with one attached hydrogen (secondary N) is 2. The van der Waals surface area contributed by atoms with Crippen molar-refractivity contribution in [2.75, 3.05) is 19.6 Å². The summed E-state index contributed by atoms with van der Waals surface area (Å²) in [7, 11) is 0. The number of benzene rings is 1. The number of hydrogen-bond donors (Lipinski definition) is 2. The van der Waals surface area contributed by atoms with E-state index in [-0.39, 0.29) is 11.5 Å². The van der Waals surface area contributed by atoms with Crippen LogP contribution in [0.4, 0.5) is 0 Å². The Bertz CT molecular complexity index is 414. The Hall–Kier alpha value is -1.55. The molecule has 1 amide bonds. The smallest absolute Gasteiger partial charge is 0.251 e. The van der Waals surface area contributed by atoms with Crippen LogP contribution in [-0.4, -0.2) is 31.1 Å². The van der Waals surface area contributed by atoms with Gasteiger partial charge < -0.3 is 15.4 Å². The van der Waals surface area contributed by atoms with E-state index < -0.39 is 0 Å². The lowest BCUT2D eigenvalue weighted by atomic mass is 10.00. The summed E-state index contributed by atoms with van der Waals surface area (Å²) in [5.74, 6) is 0.688. The molecule has 4 nitrogen and oxygen atoms in total. The van der Waals surface area contributed by atoms with Crippen molar-refractivity contribution in [3.63, 3.8) is 0 Å². The fourth-order valence-corrected chi connectivity index (χ4v) is 1.80. The zero-order valence-corrected chi connectivity index (χ0v) is 10.2. The summed E-state index contributed by atoms with van der Waals surface area (Å²) in [4.78, 5) is 11.7. The van der Waals surface area contributed by atoms with E-state index in [2.05, 4.69) is 17.6 Å². The van der Waals surface area contributed by atoms with E-state index in [1.54, 1.807) is 12.1 Å². The van der Waals surface area contributed by atoms with Crippen molar-refractivity contribution in [1.82, 2.24) is 10.6 Å². The van der Waals surface area contributed by atoms with Crippen LogP contribution in [0.3, 0.4) is 0 Å². The third-order valence-electron chi connectivity index (χ3n) is 2.80. The van der Waals surface area contributed by atoms with Gasteiger partial charge in [-0.05, 0) is 32.0 Å². The molecule has 0 spiro atoms. The zero-order valence-electron chi connectivity index (χ0n) is 10.2. The van der Waals surface area contributed by atoms with Gasteiger partial charge in [-0.3, -0.25) is 4.79 Å². The number of hydrogen-bond acceptors (Lipinski definition) is 3. The molecule has 1 aromatic rings. The van der Waals surface area contributed by atoms with Crippen LogP contribution in [0.1, 0.15) is 24.2 Å². The summed E-state index contributed by atoms with van der Waals surface area (Å²) in [5, 5.41) is 5.95. The molecule has 0 aliphatic carbocycles. The molecule has 17 heavy (non-hydrogen) atoms. The van der Waals surface area contributed by atoms with E-state index >= 15 is 0 Å². The Morgan fingerprint density at radius 3 is 2.88 bits per heavy atom. The maximum Gasteiger partial charge on any atom is 0.251 e. The fraction of sp³-hybridized carbons (Fsp3) is 0.462. The Morgan fingerprint density at radius 2 is 2.29 bits per heavy atom. The SMILES string of the molecule is CCNC(=O)c1cccc(OC2(C)CNC2)c1. The van der Waals surface area contributed by atoms with Crippen LogP contribution in [0.5, 0.6) is 5.75 Å². The molecule has 0 aromatic heterocycles. The number of ether oxygens (including phenoxy) is 1. The molecule has 1 fully saturated rings. The van der Waals surface area contributed by atoms with Gasteiger partial charge in [0, 0.05) is 25.2 Å². The number of carbonyl (C=O) groups excluding carboxylic acids is 1. The molecule has 1 heterocycles. The van der Waals surface area contributed by atoms with Gasteiger partial charge in [0.25, 0.3) is 5.91 Å². The topological polar surface area (TPSA) is 50.4 Å². The molecule has 1 aromatic carbocycles. The lowest BCUT2D eigenvalue weighted by molar-refractivity contribution is 0.0347. The molecule has 1 aliphatic rings. The summed E-state index contributed by atoms with van der Waals surface area (Å²) in [6.45, 7) is 6.28. The van der Waals surface area contributed by atoms with Gasteiger partial charge in [-0.2, -0.15) is 0 Å². The van der Waals surface area contributed by atoms with Crippen molar-refractivity contribution in [2.45, 2.75) is 19.4 Å². The van der Waals surface area contributed by atoms with Crippen molar-refractivity contribution < 1.29 is 9.53 Å². The molecule has 1 saturated heterocycles. The van der Waals surface area contributed by atoms with Gasteiger partial charge in [0.2, 0.25) is 0 Å². The predicted octanol–water partition coefficient (Wildman–Crippen LogP) is 1.18. The predicted molar refractivity (Wildman–Crippen MR) is 66.4 cm³/mol. The quantitative estimate of drug-likeness (QED) is 0.822. The third kappa shape index (κ3) is 2.77. The second-order valence-electron chi connectivity index (χ2n) is 4.54. The molecular formula is C13H18N2O2. The minimum absolute atomic E-state index is 0.0603. The highest BCUT2D eigenvalue weighted by Gasteiger charge is 2.33. The van der Waals surface area contributed by atoms with Crippen LogP contribution in [0.2, 0.25) is 0 Å². The molecule has 2 N–H and O–H groups in total. The first-order valence-corrected chi connectivity index (χ1v) is 5.91. The van der Waals surface area contributed by atoms with Gasteiger partial charge in [0.15, 0.2) is 0 Å². The Morgan fingerprint density at radius 1 is 1.53 bits per heavy atom. The van der Waals surface area contributed by atoms with Gasteiger partial charge >= 0.3 is 0 Å². The second kappa shape index (κ2) is 4.75. The van der Waals surface area contributed by atoms with Gasteiger partial charge in [0.1, 0.15) is 11.4 Å². The van der Waals surface area contributed by atoms with Crippen molar-refractivity contribution in [3.05, 3.63) is 29.8 Å². The second-order valence-corrected chi connectivity index (χ2v) is 4.54. The summed E-state index contributed by atoms with van der Waals surface area (Å²) >= 11 is 0. The lowest BCUT2D eigenvalue weighted by Gasteiger charge is -2.39. The zero-order chi connectivity index (χ0) is 12.3. The summed E-state index contributed by atoms with van der Waals surface area (Å²) < 4.78 is 5.86. The van der Waals surface area contributed by atoms with E-state index in [1.807, 2.05) is 19.1 Å². The first-order valence-electron chi connectivity index (χ1n) is 5.91. The average Bonchev–Trinajstić information content (AvgIpc) is 2.28. The molecule has 0 bridgehead atoms. The fourth-order valence-electron chi connectivity index (χ4n) is 1.80. The van der Waals surface area contributed by atoms with Gasteiger partial charge in [-0.15, -0.1) is 0 Å². The molecule has 0 saturated carbocycles. The monoisotopic (exact) mass is 234 g/mol. The highest BCUT2D eigenvalue weighted by Crippen LogP contribution is 2.22. The molecule has 0 atom stereocenters. The Kier molecular flexibility index (Phi) is 3.33. The first kappa shape index (κ1) is 11.9. The first-order chi connectivity index (χ1) is 8.13. The molecule has 1 aliphatic heterocycles. The summed E-state index contributed by atoms with van der Waals surface area (Å²) in [6, 6.07) is 7.30. The summed E-state index contributed by atoms with van der Waals surface area (Å²) in [5.41, 5.74) is 0.500. The minimum atomic E-state index is -0.139. The number of rotatable bonds is 4. The van der Waals surface area contributed by atoms with Crippen molar-refractivity contribution in [3.8, 4) is 5.75 Å². The molecule has 4 heteroatoms. The third-order valence-corrected chi connectivity index (χ3v) is 2.80. The highest BCUT2D eigenvalue weighted by molar-refractivity contribution is 5.94. The maximum absolute atomic E-state index is 11.7. The molecule has 0 unspecified atom stereocenters. The van der Waals surface area contributed by atoms with Crippen LogP contribution in [0, 0.1) is 0 Å². The number of amides is 1. The largest absolute Gasteiger partial charge is 0.485 e.